The molecule has 0 saturated carbocycles. The maximum Gasteiger partial charge on any atom is 0.258 e. The van der Waals surface area contributed by atoms with E-state index >= 15 is 0 Å². The molecule has 49 heavy (non-hydrogen) atoms. The van der Waals surface area contributed by atoms with Crippen LogP contribution in [0.15, 0.2) is 54.6 Å². The minimum Gasteiger partial charge on any atom is -0.495 e. The quantitative estimate of drug-likeness (QED) is 0.174. The highest BCUT2D eigenvalue weighted by Crippen LogP contribution is 2.32. The van der Waals surface area contributed by atoms with Gasteiger partial charge in [0.1, 0.15) is 29.4 Å². The summed E-state index contributed by atoms with van der Waals surface area (Å²) >= 11 is 0. The summed E-state index contributed by atoms with van der Waals surface area (Å²) in [5, 5.41) is 2.90. The standard InChI is InChI=1S/C37H46N6O6/c1-25-13-16-30(32(22-25)49-21-8-6-7-12-34(44)43-19-17-41(2)18-20-43)42(3)37(46)26-14-15-28(31(23-26)48-5)39-36(45)27-10-9-11-29-35(27)40-33(38-29)24-47-4/h9-11,13-16,22-23H,6-8,12,17-21,24H2,1-5H3,(H,38,40)(H,39,45). The van der Waals surface area contributed by atoms with E-state index in [2.05, 4.69) is 27.2 Å². The lowest BCUT2D eigenvalue weighted by Gasteiger charge is -2.32. The van der Waals surface area contributed by atoms with Crippen molar-refractivity contribution < 1.29 is 28.6 Å². The van der Waals surface area contributed by atoms with E-state index in [0.29, 0.717) is 65.0 Å². The van der Waals surface area contributed by atoms with E-state index in [-0.39, 0.29) is 17.7 Å². The molecule has 12 nitrogen and oxygen atoms in total. The maximum atomic E-state index is 13.7. The van der Waals surface area contributed by atoms with Crippen molar-refractivity contribution >= 4 is 40.1 Å². The van der Waals surface area contributed by atoms with E-state index in [1.165, 1.54) is 7.11 Å². The number of carbonyl (C=O) groups excluding carboxylic acids is 3. The summed E-state index contributed by atoms with van der Waals surface area (Å²) in [5.74, 6) is 1.17. The Balaban J connectivity index is 1.19. The Hall–Kier alpha value is -4.94. The number of methoxy groups -OCH3 is 2. The zero-order valence-corrected chi connectivity index (χ0v) is 29.0. The summed E-state index contributed by atoms with van der Waals surface area (Å²) in [5.41, 5.74) is 4.10. The van der Waals surface area contributed by atoms with Gasteiger partial charge in [0.25, 0.3) is 11.8 Å². The molecule has 0 bridgehead atoms. The second kappa shape index (κ2) is 16.4. The average Bonchev–Trinajstić information content (AvgIpc) is 3.52. The Morgan fingerprint density at radius 3 is 2.51 bits per heavy atom. The van der Waals surface area contributed by atoms with E-state index < -0.39 is 0 Å². The number of nitrogens with zero attached hydrogens (tertiary/aromatic N) is 4. The van der Waals surface area contributed by atoms with Crippen LogP contribution in [0.2, 0.25) is 0 Å². The zero-order chi connectivity index (χ0) is 34.9. The van der Waals surface area contributed by atoms with E-state index in [4.69, 9.17) is 14.2 Å². The number of aromatic nitrogens is 2. The highest BCUT2D eigenvalue weighted by atomic mass is 16.5. The van der Waals surface area contributed by atoms with Crippen LogP contribution in [-0.4, -0.2) is 98.6 Å². The number of piperazine rings is 1. The van der Waals surface area contributed by atoms with Gasteiger partial charge in [0.05, 0.1) is 36.2 Å². The molecule has 3 amide bonds. The van der Waals surface area contributed by atoms with Crippen molar-refractivity contribution in [2.45, 2.75) is 39.2 Å². The molecule has 0 radical (unpaired) electrons. The molecule has 0 unspecified atom stereocenters. The predicted octanol–water partition coefficient (Wildman–Crippen LogP) is 5.27. The van der Waals surface area contributed by atoms with Gasteiger partial charge in [-0.2, -0.15) is 0 Å². The second-order valence-electron chi connectivity index (χ2n) is 12.4. The van der Waals surface area contributed by atoms with Crippen molar-refractivity contribution in [2.24, 2.45) is 0 Å². The normalized spacial score (nSPS) is 13.4. The monoisotopic (exact) mass is 670 g/mol. The Morgan fingerprint density at radius 1 is 0.959 bits per heavy atom. The fourth-order valence-corrected chi connectivity index (χ4v) is 5.86. The van der Waals surface area contributed by atoms with Crippen LogP contribution in [-0.2, 0) is 16.1 Å². The summed E-state index contributed by atoms with van der Waals surface area (Å²) in [7, 11) is 6.85. The minimum absolute atomic E-state index is 0.227. The smallest absolute Gasteiger partial charge is 0.258 e. The van der Waals surface area contributed by atoms with Crippen LogP contribution in [0.25, 0.3) is 11.0 Å². The molecule has 0 aliphatic carbocycles. The summed E-state index contributed by atoms with van der Waals surface area (Å²) in [6.45, 7) is 6.20. The van der Waals surface area contributed by atoms with Gasteiger partial charge in [-0.1, -0.05) is 12.1 Å². The molecule has 0 atom stereocenters. The molecule has 1 aliphatic heterocycles. The first-order valence-electron chi connectivity index (χ1n) is 16.6. The molecule has 0 spiro atoms. The summed E-state index contributed by atoms with van der Waals surface area (Å²) in [6.07, 6.45) is 3.05. The molecule has 260 valence electrons. The van der Waals surface area contributed by atoms with Crippen LogP contribution in [0.4, 0.5) is 11.4 Å². The number of aryl methyl sites for hydroxylation is 1. The highest BCUT2D eigenvalue weighted by Gasteiger charge is 2.22. The van der Waals surface area contributed by atoms with Crippen molar-refractivity contribution in [2.75, 3.05) is 71.3 Å². The number of para-hydroxylation sites is 1. The number of unbranched alkanes of at least 4 members (excludes halogenated alkanes) is 2. The number of rotatable bonds is 14. The molecule has 4 aromatic rings. The number of carbonyl (C=O) groups is 3. The molecule has 3 aromatic carbocycles. The first kappa shape index (κ1) is 35.4. The molecule has 1 fully saturated rings. The van der Waals surface area contributed by atoms with Crippen molar-refractivity contribution in [1.29, 1.82) is 0 Å². The molecule has 5 rings (SSSR count). The minimum atomic E-state index is -0.362. The molecule has 2 N–H and O–H groups in total. The predicted molar refractivity (Wildman–Crippen MR) is 190 cm³/mol. The summed E-state index contributed by atoms with van der Waals surface area (Å²) in [6, 6.07) is 16.0. The number of H-pyrrole nitrogens is 1. The number of anilines is 2. The largest absolute Gasteiger partial charge is 0.495 e. The van der Waals surface area contributed by atoms with E-state index in [1.54, 1.807) is 49.4 Å². The lowest BCUT2D eigenvalue weighted by Crippen LogP contribution is -2.47. The van der Waals surface area contributed by atoms with Gasteiger partial charge in [-0.25, -0.2) is 4.98 Å². The summed E-state index contributed by atoms with van der Waals surface area (Å²) in [4.78, 5) is 53.0. The van der Waals surface area contributed by atoms with Crippen LogP contribution in [0, 0.1) is 6.92 Å². The first-order valence-corrected chi connectivity index (χ1v) is 16.6. The van der Waals surface area contributed by atoms with Crippen LogP contribution < -0.4 is 19.7 Å². The van der Waals surface area contributed by atoms with Gasteiger partial charge in [0.2, 0.25) is 5.91 Å². The van der Waals surface area contributed by atoms with E-state index in [1.807, 2.05) is 36.1 Å². The lowest BCUT2D eigenvalue weighted by atomic mass is 10.1. The molecular formula is C37H46N6O6. The number of benzene rings is 3. The topological polar surface area (TPSA) is 129 Å². The van der Waals surface area contributed by atoms with Crippen LogP contribution >= 0.6 is 0 Å². The van der Waals surface area contributed by atoms with Crippen LogP contribution in [0.5, 0.6) is 11.5 Å². The second-order valence-corrected chi connectivity index (χ2v) is 12.4. The number of likely N-dealkylation sites (N-methyl/N-ethyl adjacent to an activating group) is 1. The van der Waals surface area contributed by atoms with Gasteiger partial charge in [-0.05, 0) is 81.3 Å². The molecule has 2 heterocycles. The highest BCUT2D eigenvalue weighted by molar-refractivity contribution is 6.12. The number of aromatic amines is 1. The third-order valence-corrected chi connectivity index (χ3v) is 8.71. The molecule has 12 heteroatoms. The number of nitrogens with one attached hydrogen (secondary N) is 2. The lowest BCUT2D eigenvalue weighted by molar-refractivity contribution is -0.132. The molecule has 1 aromatic heterocycles. The molecular weight excluding hydrogens is 624 g/mol. The Kier molecular flexibility index (Phi) is 11.9. The number of ether oxygens (including phenoxy) is 3. The van der Waals surface area contributed by atoms with Crippen molar-refractivity contribution in [3.8, 4) is 11.5 Å². The third-order valence-electron chi connectivity index (χ3n) is 8.71. The average molecular weight is 671 g/mol. The Morgan fingerprint density at radius 2 is 1.76 bits per heavy atom. The van der Waals surface area contributed by atoms with Gasteiger partial charge in [-0.15, -0.1) is 0 Å². The maximum absolute atomic E-state index is 13.7. The zero-order valence-electron chi connectivity index (χ0n) is 29.0. The van der Waals surface area contributed by atoms with Crippen molar-refractivity contribution in [3.05, 3.63) is 77.1 Å². The van der Waals surface area contributed by atoms with Gasteiger partial charge in [0, 0.05) is 52.3 Å². The number of amides is 3. The Bertz CT molecular complexity index is 1780. The SMILES string of the molecule is COCc1nc2c(C(=O)Nc3ccc(C(=O)N(C)c4ccc(C)cc4OCCCCCC(=O)N4CCN(C)CC4)cc3OC)cccc2[nH]1. The van der Waals surface area contributed by atoms with Gasteiger partial charge >= 0.3 is 0 Å². The fraction of sp³-hybridized carbons (Fsp3) is 0.405. The van der Waals surface area contributed by atoms with Crippen LogP contribution in [0.1, 0.15) is 57.8 Å². The van der Waals surface area contributed by atoms with Crippen molar-refractivity contribution in [3.63, 3.8) is 0 Å². The van der Waals surface area contributed by atoms with E-state index in [0.717, 1.165) is 56.5 Å². The number of fused-ring (bicyclic) bond motifs is 1. The number of hydrogen-bond acceptors (Lipinski definition) is 8. The van der Waals surface area contributed by atoms with Crippen molar-refractivity contribution in [1.82, 2.24) is 19.8 Å². The van der Waals surface area contributed by atoms with Gasteiger partial charge in [-0.3, -0.25) is 14.4 Å². The molecule has 1 aliphatic rings. The number of hydrogen-bond donors (Lipinski definition) is 2. The van der Waals surface area contributed by atoms with Gasteiger partial charge < -0.3 is 39.2 Å². The summed E-state index contributed by atoms with van der Waals surface area (Å²) < 4.78 is 16.9. The fourth-order valence-electron chi connectivity index (χ4n) is 5.86. The Labute approximate surface area is 287 Å². The van der Waals surface area contributed by atoms with Gasteiger partial charge in [0.15, 0.2) is 0 Å². The van der Waals surface area contributed by atoms with E-state index in [9.17, 15) is 14.4 Å². The van der Waals surface area contributed by atoms with Crippen LogP contribution in [0.3, 0.4) is 0 Å². The number of imidazole rings is 1. The third kappa shape index (κ3) is 8.76. The first-order chi connectivity index (χ1) is 23.7. The molecule has 1 saturated heterocycles.